The van der Waals surface area contributed by atoms with E-state index in [0.717, 1.165) is 6.07 Å². The van der Waals surface area contributed by atoms with Crippen molar-refractivity contribution >= 4 is 40.1 Å². The van der Waals surface area contributed by atoms with Crippen LogP contribution in [0.1, 0.15) is 34.0 Å². The monoisotopic (exact) mass is 552 g/mol. The lowest BCUT2D eigenvalue weighted by atomic mass is 10.1. The SMILES string of the molecule is C#CCN(Cc1cc2c(=O)[nH]c(C)nc2cc1Cl)c1ccc(C(=O)NC(CCc2nnn[nH]2)C(=O)O)c(F)c1. The first-order valence-electron chi connectivity index (χ1n) is 11.6. The number of hydrogen-bond donors (Lipinski definition) is 4. The molecule has 0 aliphatic rings. The second-order valence-corrected chi connectivity index (χ2v) is 8.99. The maximum Gasteiger partial charge on any atom is 0.326 e. The van der Waals surface area contributed by atoms with Crippen LogP contribution < -0.4 is 15.8 Å². The number of amides is 1. The number of rotatable bonds is 10. The molecule has 0 aliphatic carbocycles. The summed E-state index contributed by atoms with van der Waals surface area (Å²) in [5.41, 5.74) is 0.680. The minimum Gasteiger partial charge on any atom is -0.480 e. The molecule has 0 saturated carbocycles. The molecule has 4 aromatic rings. The highest BCUT2D eigenvalue weighted by molar-refractivity contribution is 6.32. The van der Waals surface area contributed by atoms with Crippen molar-refractivity contribution in [3.8, 4) is 12.3 Å². The number of carboxylic acids is 1. The Morgan fingerprint density at radius 3 is 2.77 bits per heavy atom. The molecule has 0 radical (unpaired) electrons. The van der Waals surface area contributed by atoms with E-state index in [2.05, 4.69) is 41.8 Å². The van der Waals surface area contributed by atoms with Crippen molar-refractivity contribution < 1.29 is 19.1 Å². The van der Waals surface area contributed by atoms with E-state index in [1.165, 1.54) is 12.1 Å². The van der Waals surface area contributed by atoms with Crippen LogP contribution in [0.25, 0.3) is 10.9 Å². The summed E-state index contributed by atoms with van der Waals surface area (Å²) in [5.74, 6) is 0.238. The highest BCUT2D eigenvalue weighted by Crippen LogP contribution is 2.26. The number of aryl methyl sites for hydroxylation is 2. The first-order valence-corrected chi connectivity index (χ1v) is 12.0. The Hall–Kier alpha value is -4.83. The molecule has 0 bridgehead atoms. The van der Waals surface area contributed by atoms with Gasteiger partial charge in [0.05, 0.1) is 23.0 Å². The van der Waals surface area contributed by atoms with Crippen molar-refractivity contribution in [3.05, 3.63) is 74.3 Å². The molecular formula is C25H22ClFN8O4. The molecule has 0 saturated heterocycles. The molecule has 2 aromatic carbocycles. The van der Waals surface area contributed by atoms with Crippen LogP contribution in [0.5, 0.6) is 0 Å². The van der Waals surface area contributed by atoms with Crippen molar-refractivity contribution in [2.24, 2.45) is 0 Å². The first-order chi connectivity index (χ1) is 18.7. The van der Waals surface area contributed by atoms with E-state index < -0.39 is 23.7 Å². The number of terminal acetylenes is 1. The van der Waals surface area contributed by atoms with E-state index >= 15 is 4.39 Å². The van der Waals surface area contributed by atoms with Crippen LogP contribution in [0, 0.1) is 25.1 Å². The Labute approximate surface area is 225 Å². The number of nitrogens with zero attached hydrogens (tertiary/aromatic N) is 5. The average Bonchev–Trinajstić information content (AvgIpc) is 3.40. The fourth-order valence-corrected chi connectivity index (χ4v) is 4.16. The van der Waals surface area contributed by atoms with Crippen LogP contribution in [0.4, 0.5) is 10.1 Å². The highest BCUT2D eigenvalue weighted by Gasteiger charge is 2.23. The number of fused-ring (bicyclic) bond motifs is 1. The van der Waals surface area contributed by atoms with Gasteiger partial charge >= 0.3 is 5.97 Å². The number of anilines is 1. The number of nitrogens with one attached hydrogen (secondary N) is 3. The van der Waals surface area contributed by atoms with E-state index in [1.54, 1.807) is 24.0 Å². The lowest BCUT2D eigenvalue weighted by Crippen LogP contribution is -2.41. The Bertz CT molecular complexity index is 1630. The third-order valence-electron chi connectivity index (χ3n) is 5.86. The summed E-state index contributed by atoms with van der Waals surface area (Å²) in [6.45, 7) is 1.86. The molecule has 4 N–H and O–H groups in total. The number of aliphatic carboxylic acids is 1. The maximum atomic E-state index is 15.1. The molecule has 4 rings (SSSR count). The fourth-order valence-electron chi connectivity index (χ4n) is 3.94. The molecule has 2 aromatic heterocycles. The van der Waals surface area contributed by atoms with Gasteiger partial charge in [-0.3, -0.25) is 9.59 Å². The summed E-state index contributed by atoms with van der Waals surface area (Å²) in [5, 5.41) is 25.5. The van der Waals surface area contributed by atoms with Crippen LogP contribution in [0.15, 0.2) is 35.1 Å². The number of aromatic amines is 2. The van der Waals surface area contributed by atoms with Gasteiger partial charge in [0.2, 0.25) is 0 Å². The summed E-state index contributed by atoms with van der Waals surface area (Å²) >= 11 is 6.45. The van der Waals surface area contributed by atoms with Gasteiger partial charge in [0, 0.05) is 23.7 Å². The third kappa shape index (κ3) is 6.36. The number of halogens is 2. The molecule has 0 fully saturated rings. The lowest BCUT2D eigenvalue weighted by Gasteiger charge is -2.24. The van der Waals surface area contributed by atoms with Crippen LogP contribution in [-0.2, 0) is 17.8 Å². The summed E-state index contributed by atoms with van der Waals surface area (Å²) in [7, 11) is 0. The minimum absolute atomic E-state index is 0.0158. The standard InChI is InChI=1S/C25H22ClFN8O4/c1-3-8-35(12-14-9-17-21(11-18(14)26)28-13(2)29-24(17)37)15-4-5-16(19(27)10-15)23(36)30-20(25(38)39)6-7-22-31-33-34-32-22/h1,4-5,9-11,20H,6-8,12H2,2H3,(H,30,36)(H,38,39)(H,28,29,37)(H,31,32,33,34). The molecular weight excluding hydrogens is 531 g/mol. The smallest absolute Gasteiger partial charge is 0.326 e. The van der Waals surface area contributed by atoms with E-state index in [0.29, 0.717) is 38.8 Å². The molecule has 0 spiro atoms. The molecule has 2 heterocycles. The zero-order valence-corrected chi connectivity index (χ0v) is 21.3. The van der Waals surface area contributed by atoms with E-state index in [1.807, 2.05) is 0 Å². The van der Waals surface area contributed by atoms with Gasteiger partial charge in [-0.25, -0.2) is 19.3 Å². The highest BCUT2D eigenvalue weighted by atomic mass is 35.5. The van der Waals surface area contributed by atoms with Gasteiger partial charge in [-0.1, -0.05) is 17.5 Å². The molecule has 14 heteroatoms. The Kier molecular flexibility index (Phi) is 8.16. The summed E-state index contributed by atoms with van der Waals surface area (Å²) in [6.07, 6.45) is 5.68. The van der Waals surface area contributed by atoms with Gasteiger partial charge in [0.15, 0.2) is 0 Å². The predicted octanol–water partition coefficient (Wildman–Crippen LogP) is 1.99. The lowest BCUT2D eigenvalue weighted by molar-refractivity contribution is -0.139. The van der Waals surface area contributed by atoms with E-state index in [4.69, 9.17) is 18.0 Å². The second-order valence-electron chi connectivity index (χ2n) is 8.59. The van der Waals surface area contributed by atoms with Gasteiger partial charge in [-0.15, -0.1) is 11.5 Å². The zero-order chi connectivity index (χ0) is 28.1. The Balaban J connectivity index is 1.54. The minimum atomic E-state index is -1.30. The molecule has 0 aliphatic heterocycles. The number of carbonyl (C=O) groups excluding carboxylic acids is 1. The quantitative estimate of drug-likeness (QED) is 0.215. The Morgan fingerprint density at radius 1 is 1.31 bits per heavy atom. The number of tetrazole rings is 1. The predicted molar refractivity (Wildman–Crippen MR) is 140 cm³/mol. The molecule has 1 amide bonds. The van der Waals surface area contributed by atoms with Crippen molar-refractivity contribution in [3.63, 3.8) is 0 Å². The fraction of sp³-hybridized carbons (Fsp3) is 0.240. The Morgan fingerprint density at radius 2 is 2.10 bits per heavy atom. The second kappa shape index (κ2) is 11.7. The zero-order valence-electron chi connectivity index (χ0n) is 20.5. The number of carboxylic acid groups (broad SMARTS) is 1. The molecule has 200 valence electrons. The molecule has 12 nitrogen and oxygen atoms in total. The number of H-pyrrole nitrogens is 2. The summed E-state index contributed by atoms with van der Waals surface area (Å²) in [6, 6.07) is 5.73. The summed E-state index contributed by atoms with van der Waals surface area (Å²) in [4.78, 5) is 45.3. The van der Waals surface area contributed by atoms with Gasteiger partial charge < -0.3 is 20.3 Å². The number of hydrogen-bond acceptors (Lipinski definition) is 8. The van der Waals surface area contributed by atoms with Crippen molar-refractivity contribution in [2.75, 3.05) is 11.4 Å². The normalized spacial score (nSPS) is 11.6. The number of aromatic nitrogens is 6. The van der Waals surface area contributed by atoms with E-state index in [9.17, 15) is 19.5 Å². The maximum absolute atomic E-state index is 15.1. The van der Waals surface area contributed by atoms with Crippen LogP contribution in [0.3, 0.4) is 0 Å². The largest absolute Gasteiger partial charge is 0.480 e. The molecule has 39 heavy (non-hydrogen) atoms. The van der Waals surface area contributed by atoms with Gasteiger partial charge in [-0.2, -0.15) is 0 Å². The van der Waals surface area contributed by atoms with Crippen molar-refractivity contribution in [1.29, 1.82) is 0 Å². The molecule has 1 atom stereocenters. The third-order valence-corrected chi connectivity index (χ3v) is 6.21. The number of benzene rings is 2. The average molecular weight is 553 g/mol. The summed E-state index contributed by atoms with van der Waals surface area (Å²) < 4.78 is 15.1. The van der Waals surface area contributed by atoms with Crippen molar-refractivity contribution in [2.45, 2.75) is 32.4 Å². The van der Waals surface area contributed by atoms with Crippen LogP contribution in [0.2, 0.25) is 5.02 Å². The topological polar surface area (TPSA) is 170 Å². The van der Waals surface area contributed by atoms with Gasteiger partial charge in [0.1, 0.15) is 23.5 Å². The molecule has 1 unspecified atom stereocenters. The van der Waals surface area contributed by atoms with Crippen LogP contribution in [-0.4, -0.2) is 60.2 Å². The van der Waals surface area contributed by atoms with E-state index in [-0.39, 0.29) is 37.1 Å². The van der Waals surface area contributed by atoms with Crippen molar-refractivity contribution in [1.82, 2.24) is 35.9 Å². The van der Waals surface area contributed by atoms with Crippen LogP contribution >= 0.6 is 11.6 Å². The van der Waals surface area contributed by atoms with Gasteiger partial charge in [-0.05, 0) is 59.7 Å². The number of carbonyl (C=O) groups is 2. The van der Waals surface area contributed by atoms with Gasteiger partial charge in [0.25, 0.3) is 11.5 Å². The first kappa shape index (κ1) is 27.2.